The molecule has 7 atom stereocenters. The maximum atomic E-state index is 12.9. The number of hydrogen-bond acceptors (Lipinski definition) is 6. The van der Waals surface area contributed by atoms with Crippen LogP contribution in [0.3, 0.4) is 0 Å². The number of rotatable bonds is 5. The van der Waals surface area contributed by atoms with E-state index in [1.54, 1.807) is 0 Å². The fraction of sp³-hybridized carbons (Fsp3) is 0.760. The number of aliphatic hydroxyl groups excluding tert-OH is 1. The van der Waals surface area contributed by atoms with Gasteiger partial charge in [-0.05, 0) is 73.8 Å². The Balaban J connectivity index is 1.65. The summed E-state index contributed by atoms with van der Waals surface area (Å²) < 4.78 is 10.7. The van der Waals surface area contributed by atoms with E-state index in [4.69, 9.17) is 9.47 Å². The van der Waals surface area contributed by atoms with Crippen molar-refractivity contribution in [3.05, 3.63) is 23.5 Å². The van der Waals surface area contributed by atoms with Crippen molar-refractivity contribution in [2.24, 2.45) is 28.6 Å². The lowest BCUT2D eigenvalue weighted by Gasteiger charge is -2.59. The standard InChI is InChI=1S/C25H36O6/c1-5-30-17-8-10-23(3)16(12-17)6-7-18-19-9-11-25(29,21(28)14-31-15(2)26)24(19,4)13-20(27)22(18)23/h6,12,18-20,22,27,29H,5,7-11,13-14H2,1-4H3/t18-,19-,20-,22+,23-,24-,25-/m0/s1. The number of allylic oxidation sites excluding steroid dienone is 4. The maximum absolute atomic E-state index is 12.9. The fourth-order valence-corrected chi connectivity index (χ4v) is 7.48. The van der Waals surface area contributed by atoms with E-state index < -0.39 is 35.5 Å². The van der Waals surface area contributed by atoms with Crippen LogP contribution in [0.15, 0.2) is 23.5 Å². The molecule has 0 saturated heterocycles. The number of carbonyl (C=O) groups is 2. The minimum absolute atomic E-state index is 0.0934. The normalized spacial score (nSPS) is 43.7. The first-order valence-electron chi connectivity index (χ1n) is 11.7. The molecule has 0 bridgehead atoms. The number of ketones is 1. The lowest BCUT2D eigenvalue weighted by Crippen LogP contribution is -2.61. The van der Waals surface area contributed by atoms with E-state index in [1.165, 1.54) is 12.5 Å². The van der Waals surface area contributed by atoms with Gasteiger partial charge in [-0.3, -0.25) is 9.59 Å². The average molecular weight is 433 g/mol. The van der Waals surface area contributed by atoms with Gasteiger partial charge in [0, 0.05) is 18.8 Å². The summed E-state index contributed by atoms with van der Waals surface area (Å²) in [6, 6.07) is 0. The number of hydrogen-bond donors (Lipinski definition) is 2. The number of esters is 1. The zero-order valence-electron chi connectivity index (χ0n) is 19.1. The number of fused-ring (bicyclic) bond motifs is 5. The lowest BCUT2D eigenvalue weighted by molar-refractivity contribution is -0.181. The van der Waals surface area contributed by atoms with Gasteiger partial charge in [-0.1, -0.05) is 19.9 Å². The van der Waals surface area contributed by atoms with Crippen molar-refractivity contribution < 1.29 is 29.3 Å². The van der Waals surface area contributed by atoms with Crippen LogP contribution >= 0.6 is 0 Å². The average Bonchev–Trinajstić information content (AvgIpc) is 2.98. The van der Waals surface area contributed by atoms with E-state index in [2.05, 4.69) is 19.1 Å². The molecule has 0 spiro atoms. The Hall–Kier alpha value is -1.66. The Morgan fingerprint density at radius 3 is 2.68 bits per heavy atom. The van der Waals surface area contributed by atoms with E-state index in [-0.39, 0.29) is 23.2 Å². The van der Waals surface area contributed by atoms with Gasteiger partial charge in [-0.15, -0.1) is 0 Å². The monoisotopic (exact) mass is 432 g/mol. The number of aliphatic hydroxyl groups is 2. The molecule has 0 heterocycles. The second-order valence-corrected chi connectivity index (χ2v) is 10.4. The summed E-state index contributed by atoms with van der Waals surface area (Å²) in [7, 11) is 0. The van der Waals surface area contributed by atoms with Gasteiger partial charge in [0.05, 0.1) is 18.5 Å². The van der Waals surface area contributed by atoms with Crippen LogP contribution in [0, 0.1) is 28.6 Å². The molecule has 31 heavy (non-hydrogen) atoms. The molecule has 2 saturated carbocycles. The summed E-state index contributed by atoms with van der Waals surface area (Å²) in [6.45, 7) is 7.71. The fourth-order valence-electron chi connectivity index (χ4n) is 7.48. The number of ether oxygens (including phenoxy) is 2. The molecule has 0 radical (unpaired) electrons. The number of carbonyl (C=O) groups excluding carboxylic acids is 2. The van der Waals surface area contributed by atoms with Crippen molar-refractivity contribution in [3.8, 4) is 0 Å². The van der Waals surface area contributed by atoms with Gasteiger partial charge < -0.3 is 19.7 Å². The minimum Gasteiger partial charge on any atom is -0.498 e. The third kappa shape index (κ3) is 3.29. The summed E-state index contributed by atoms with van der Waals surface area (Å²) in [5, 5.41) is 23.0. The molecular formula is C25H36O6. The van der Waals surface area contributed by atoms with Crippen LogP contribution in [-0.4, -0.2) is 46.9 Å². The van der Waals surface area contributed by atoms with Crippen LogP contribution in [0.1, 0.15) is 66.2 Å². The van der Waals surface area contributed by atoms with Gasteiger partial charge >= 0.3 is 5.97 Å². The zero-order chi connectivity index (χ0) is 22.6. The van der Waals surface area contributed by atoms with Gasteiger partial charge in [0.1, 0.15) is 5.60 Å². The van der Waals surface area contributed by atoms with Gasteiger partial charge in [0.2, 0.25) is 5.78 Å². The summed E-state index contributed by atoms with van der Waals surface area (Å²) in [5.41, 5.74) is -1.18. The smallest absolute Gasteiger partial charge is 0.303 e. The molecule has 0 aliphatic heterocycles. The maximum Gasteiger partial charge on any atom is 0.303 e. The molecule has 2 fully saturated rings. The minimum atomic E-state index is -1.57. The first-order chi connectivity index (χ1) is 14.6. The van der Waals surface area contributed by atoms with Crippen LogP contribution in [0.2, 0.25) is 0 Å². The van der Waals surface area contributed by atoms with Crippen molar-refractivity contribution in [2.45, 2.75) is 77.9 Å². The van der Waals surface area contributed by atoms with Crippen LogP contribution in [0.25, 0.3) is 0 Å². The molecule has 2 N–H and O–H groups in total. The molecule has 4 rings (SSSR count). The van der Waals surface area contributed by atoms with Crippen molar-refractivity contribution in [1.82, 2.24) is 0 Å². The van der Waals surface area contributed by atoms with Crippen LogP contribution < -0.4 is 0 Å². The Labute approximate surface area is 184 Å². The Bertz CT molecular complexity index is 830. The summed E-state index contributed by atoms with van der Waals surface area (Å²) in [4.78, 5) is 24.1. The predicted octanol–water partition coefficient (Wildman–Crippen LogP) is 3.31. The number of Topliss-reactive ketones (excluding diaryl/α,β-unsaturated/α-hetero) is 1. The molecule has 6 heteroatoms. The lowest BCUT2D eigenvalue weighted by atomic mass is 9.46. The van der Waals surface area contributed by atoms with E-state index in [9.17, 15) is 19.8 Å². The SMILES string of the molecule is CCOC1=CC2=CC[C@@H]3[C@H]([C@@H](O)C[C@@]4(C)[C@H]3CC[C@]4(O)C(=O)COC(C)=O)[C@@]2(C)CC1. The van der Waals surface area contributed by atoms with Gasteiger partial charge in [0.25, 0.3) is 0 Å². The van der Waals surface area contributed by atoms with E-state index in [0.717, 1.165) is 31.4 Å². The van der Waals surface area contributed by atoms with Crippen molar-refractivity contribution in [3.63, 3.8) is 0 Å². The Morgan fingerprint density at radius 2 is 2.00 bits per heavy atom. The summed E-state index contributed by atoms with van der Waals surface area (Å²) in [6.07, 6.45) is 7.95. The highest BCUT2D eigenvalue weighted by atomic mass is 16.5. The first kappa shape index (κ1) is 22.5. The largest absolute Gasteiger partial charge is 0.498 e. The molecule has 0 aromatic carbocycles. The van der Waals surface area contributed by atoms with Gasteiger partial charge in [-0.2, -0.15) is 0 Å². The molecule has 0 aromatic rings. The Morgan fingerprint density at radius 1 is 1.26 bits per heavy atom. The van der Waals surface area contributed by atoms with Crippen molar-refractivity contribution >= 4 is 11.8 Å². The molecule has 4 aliphatic carbocycles. The zero-order valence-corrected chi connectivity index (χ0v) is 19.1. The van der Waals surface area contributed by atoms with Crippen molar-refractivity contribution in [2.75, 3.05) is 13.2 Å². The molecule has 6 nitrogen and oxygen atoms in total. The summed E-state index contributed by atoms with van der Waals surface area (Å²) in [5.74, 6) is 0.481. The van der Waals surface area contributed by atoms with Crippen LogP contribution in [-0.2, 0) is 19.1 Å². The molecule has 0 aromatic heterocycles. The third-order valence-corrected chi connectivity index (χ3v) is 9.02. The molecule has 4 aliphatic rings. The van der Waals surface area contributed by atoms with E-state index in [0.29, 0.717) is 19.4 Å². The van der Waals surface area contributed by atoms with E-state index >= 15 is 0 Å². The molecule has 0 unspecified atom stereocenters. The topological polar surface area (TPSA) is 93.1 Å². The van der Waals surface area contributed by atoms with Gasteiger partial charge in [-0.25, -0.2) is 0 Å². The Kier molecular flexibility index (Phi) is 5.62. The second-order valence-electron chi connectivity index (χ2n) is 10.4. The molecule has 172 valence electrons. The highest BCUT2D eigenvalue weighted by Gasteiger charge is 2.68. The van der Waals surface area contributed by atoms with Crippen LogP contribution in [0.5, 0.6) is 0 Å². The summed E-state index contributed by atoms with van der Waals surface area (Å²) >= 11 is 0. The molecular weight excluding hydrogens is 396 g/mol. The predicted molar refractivity (Wildman–Crippen MR) is 115 cm³/mol. The second kappa shape index (κ2) is 7.73. The van der Waals surface area contributed by atoms with Gasteiger partial charge in [0.15, 0.2) is 6.61 Å². The highest BCUT2D eigenvalue weighted by Crippen LogP contribution is 2.67. The first-order valence-corrected chi connectivity index (χ1v) is 11.7. The highest BCUT2D eigenvalue weighted by molar-refractivity contribution is 5.91. The van der Waals surface area contributed by atoms with Crippen LogP contribution in [0.4, 0.5) is 0 Å². The van der Waals surface area contributed by atoms with Crippen molar-refractivity contribution in [1.29, 1.82) is 0 Å². The molecule has 0 amide bonds. The third-order valence-electron chi connectivity index (χ3n) is 9.02. The quantitative estimate of drug-likeness (QED) is 0.648. The van der Waals surface area contributed by atoms with E-state index in [1.807, 2.05) is 13.8 Å².